The highest BCUT2D eigenvalue weighted by atomic mass is 16.2. The maximum absolute atomic E-state index is 13.2. The molecule has 4 aromatic rings. The van der Waals surface area contributed by atoms with Crippen LogP contribution >= 0.6 is 0 Å². The molecule has 0 atom stereocenters. The number of rotatable bonds is 4. The fourth-order valence-corrected chi connectivity index (χ4v) is 4.49. The highest BCUT2D eigenvalue weighted by Crippen LogP contribution is 2.23. The van der Waals surface area contributed by atoms with Gasteiger partial charge in [-0.1, -0.05) is 31.2 Å². The number of fused-ring (bicyclic) bond motifs is 2. The van der Waals surface area contributed by atoms with Gasteiger partial charge in [0.05, 0.1) is 24.3 Å². The minimum absolute atomic E-state index is 0.0244. The zero-order valence-electron chi connectivity index (χ0n) is 19.6. The Kier molecular flexibility index (Phi) is 5.43. The predicted molar refractivity (Wildman–Crippen MR) is 127 cm³/mol. The average Bonchev–Trinajstić information content (AvgIpc) is 3.39. The predicted octanol–water partition coefficient (Wildman–Crippen LogP) is 1.29. The third kappa shape index (κ3) is 3.64. The molecule has 10 heteroatoms. The van der Waals surface area contributed by atoms with Gasteiger partial charge < -0.3 is 9.47 Å². The van der Waals surface area contributed by atoms with E-state index in [0.717, 1.165) is 40.9 Å². The van der Waals surface area contributed by atoms with E-state index in [0.29, 0.717) is 13.1 Å². The minimum Gasteiger partial charge on any atom is -0.335 e. The lowest BCUT2D eigenvalue weighted by Gasteiger charge is -2.20. The van der Waals surface area contributed by atoms with E-state index in [2.05, 4.69) is 36.2 Å². The number of carbonyl (C=O) groups excluding carboxylic acids is 1. The van der Waals surface area contributed by atoms with Gasteiger partial charge in [-0.3, -0.25) is 23.4 Å². The first-order valence-corrected chi connectivity index (χ1v) is 11.4. The van der Waals surface area contributed by atoms with Crippen molar-refractivity contribution in [2.45, 2.75) is 39.4 Å². The number of hydrogen-bond donors (Lipinski definition) is 0. The van der Waals surface area contributed by atoms with E-state index in [1.807, 2.05) is 10.7 Å². The van der Waals surface area contributed by atoms with Crippen molar-refractivity contribution < 1.29 is 4.79 Å². The van der Waals surface area contributed by atoms with Gasteiger partial charge >= 0.3 is 5.69 Å². The van der Waals surface area contributed by atoms with Crippen LogP contribution < -0.4 is 11.2 Å². The molecular weight excluding hydrogens is 434 g/mol. The Bertz CT molecular complexity index is 1500. The van der Waals surface area contributed by atoms with Crippen LogP contribution in [0.25, 0.3) is 22.4 Å². The molecule has 5 rings (SSSR count). The number of aromatic nitrogens is 6. The molecule has 34 heavy (non-hydrogen) atoms. The molecule has 0 aliphatic carbocycles. The van der Waals surface area contributed by atoms with Crippen LogP contribution in [0.3, 0.4) is 0 Å². The van der Waals surface area contributed by atoms with E-state index in [4.69, 9.17) is 5.10 Å². The fourth-order valence-electron chi connectivity index (χ4n) is 4.49. The van der Waals surface area contributed by atoms with Gasteiger partial charge in [0, 0.05) is 32.7 Å². The summed E-state index contributed by atoms with van der Waals surface area (Å²) >= 11 is 0. The molecule has 4 heterocycles. The largest absolute Gasteiger partial charge is 0.335 e. The summed E-state index contributed by atoms with van der Waals surface area (Å²) in [6.07, 6.45) is 3.23. The van der Waals surface area contributed by atoms with Crippen LogP contribution in [-0.4, -0.2) is 45.8 Å². The van der Waals surface area contributed by atoms with Crippen molar-refractivity contribution in [1.29, 1.82) is 0 Å². The molecule has 0 saturated heterocycles. The van der Waals surface area contributed by atoms with E-state index >= 15 is 0 Å². The van der Waals surface area contributed by atoms with Gasteiger partial charge in [0.1, 0.15) is 6.54 Å². The number of imidazole rings is 1. The standard InChI is InChI=1S/C24H27N7O3/c1-4-16-6-8-17(9-7-16)19-12-18-13-29(10-5-11-31(18)26-19)20(32)14-30-15-25-22-21(30)23(33)28(3)24(34)27(22)2/h6-9,12,15H,4-5,10-11,13-14H2,1-3H3. The minimum atomic E-state index is -0.462. The van der Waals surface area contributed by atoms with Crippen LogP contribution in [-0.2, 0) is 44.9 Å². The molecule has 0 spiro atoms. The van der Waals surface area contributed by atoms with Gasteiger partial charge in [-0.25, -0.2) is 9.78 Å². The molecule has 1 aromatic carbocycles. The van der Waals surface area contributed by atoms with Gasteiger partial charge in [0.25, 0.3) is 5.56 Å². The lowest BCUT2D eigenvalue weighted by Crippen LogP contribution is -2.38. The molecule has 0 bridgehead atoms. The van der Waals surface area contributed by atoms with Gasteiger partial charge in [-0.15, -0.1) is 0 Å². The smallest absolute Gasteiger partial charge is 0.332 e. The Morgan fingerprint density at radius 2 is 1.82 bits per heavy atom. The van der Waals surface area contributed by atoms with Gasteiger partial charge in [0.15, 0.2) is 11.2 Å². The molecule has 10 nitrogen and oxygen atoms in total. The van der Waals surface area contributed by atoms with Crippen molar-refractivity contribution in [3.63, 3.8) is 0 Å². The zero-order chi connectivity index (χ0) is 24.0. The first-order chi connectivity index (χ1) is 16.4. The summed E-state index contributed by atoms with van der Waals surface area (Å²) in [5.74, 6) is -0.112. The first-order valence-electron chi connectivity index (χ1n) is 11.4. The van der Waals surface area contributed by atoms with Crippen LogP contribution in [0.2, 0.25) is 0 Å². The van der Waals surface area contributed by atoms with Crippen LogP contribution in [0.4, 0.5) is 0 Å². The lowest BCUT2D eigenvalue weighted by molar-refractivity contribution is -0.132. The summed E-state index contributed by atoms with van der Waals surface area (Å²) in [6, 6.07) is 10.4. The van der Waals surface area contributed by atoms with E-state index < -0.39 is 11.2 Å². The number of amides is 1. The summed E-state index contributed by atoms with van der Waals surface area (Å²) in [7, 11) is 2.99. The molecule has 0 saturated carbocycles. The van der Waals surface area contributed by atoms with Crippen LogP contribution in [0.5, 0.6) is 0 Å². The van der Waals surface area contributed by atoms with Gasteiger partial charge in [-0.2, -0.15) is 5.10 Å². The maximum Gasteiger partial charge on any atom is 0.332 e. The summed E-state index contributed by atoms with van der Waals surface area (Å²) in [5, 5.41) is 4.77. The third-order valence-corrected chi connectivity index (χ3v) is 6.55. The summed E-state index contributed by atoms with van der Waals surface area (Å²) in [6.45, 7) is 3.89. The van der Waals surface area contributed by atoms with Crippen molar-refractivity contribution in [2.24, 2.45) is 14.1 Å². The Labute approximate surface area is 195 Å². The van der Waals surface area contributed by atoms with Crippen molar-refractivity contribution in [3.05, 3.63) is 68.8 Å². The Morgan fingerprint density at radius 3 is 2.56 bits per heavy atom. The molecule has 1 aliphatic rings. The summed E-state index contributed by atoms with van der Waals surface area (Å²) in [5.41, 5.74) is 3.83. The second-order valence-corrected chi connectivity index (χ2v) is 8.71. The first kappa shape index (κ1) is 21.9. The molecule has 0 radical (unpaired) electrons. The second-order valence-electron chi connectivity index (χ2n) is 8.71. The summed E-state index contributed by atoms with van der Waals surface area (Å²) < 4.78 is 5.86. The monoisotopic (exact) mass is 461 g/mol. The van der Waals surface area contributed by atoms with Gasteiger partial charge in [0.2, 0.25) is 5.91 Å². The van der Waals surface area contributed by atoms with Crippen molar-refractivity contribution in [1.82, 2.24) is 33.4 Å². The Balaban J connectivity index is 1.40. The third-order valence-electron chi connectivity index (χ3n) is 6.55. The second kappa shape index (κ2) is 8.44. The van der Waals surface area contributed by atoms with Crippen molar-refractivity contribution in [2.75, 3.05) is 6.54 Å². The Morgan fingerprint density at radius 1 is 1.06 bits per heavy atom. The molecule has 3 aromatic heterocycles. The molecule has 1 amide bonds. The molecule has 0 fully saturated rings. The lowest BCUT2D eigenvalue weighted by atomic mass is 10.1. The van der Waals surface area contributed by atoms with E-state index in [1.54, 1.807) is 11.9 Å². The number of benzene rings is 1. The SMILES string of the molecule is CCc1ccc(-c2cc3n(n2)CCCN(C(=O)Cn2cnc4c2c(=O)n(C)c(=O)n4C)C3)cc1. The highest BCUT2D eigenvalue weighted by molar-refractivity contribution is 5.79. The zero-order valence-corrected chi connectivity index (χ0v) is 19.6. The number of hydrogen-bond acceptors (Lipinski definition) is 5. The number of carbonyl (C=O) groups is 1. The molecule has 0 unspecified atom stereocenters. The van der Waals surface area contributed by atoms with Crippen LogP contribution in [0.1, 0.15) is 24.6 Å². The number of aryl methyl sites for hydroxylation is 3. The average molecular weight is 462 g/mol. The normalized spacial score (nSPS) is 13.8. The van der Waals surface area contributed by atoms with Crippen molar-refractivity contribution in [3.8, 4) is 11.3 Å². The van der Waals surface area contributed by atoms with Crippen LogP contribution in [0, 0.1) is 0 Å². The topological polar surface area (TPSA) is 100.0 Å². The molecular formula is C24H27N7O3. The molecule has 1 aliphatic heterocycles. The molecule has 176 valence electrons. The van der Waals surface area contributed by atoms with E-state index in [1.165, 1.54) is 28.1 Å². The van der Waals surface area contributed by atoms with E-state index in [-0.39, 0.29) is 23.6 Å². The van der Waals surface area contributed by atoms with Gasteiger partial charge in [-0.05, 0) is 24.5 Å². The maximum atomic E-state index is 13.2. The molecule has 0 N–H and O–H groups in total. The summed E-state index contributed by atoms with van der Waals surface area (Å²) in [4.78, 5) is 44.1. The van der Waals surface area contributed by atoms with E-state index in [9.17, 15) is 14.4 Å². The Hall–Kier alpha value is -3.95. The number of nitrogens with zero attached hydrogens (tertiary/aromatic N) is 7. The van der Waals surface area contributed by atoms with Crippen LogP contribution in [0.15, 0.2) is 46.2 Å². The highest BCUT2D eigenvalue weighted by Gasteiger charge is 2.23. The van der Waals surface area contributed by atoms with Crippen molar-refractivity contribution >= 4 is 17.1 Å². The fraction of sp³-hybridized carbons (Fsp3) is 0.375. The quantitative estimate of drug-likeness (QED) is 0.456.